The Bertz CT molecular complexity index is 770. The molecule has 1 aliphatic rings. The Hall–Kier alpha value is -1.64. The molecule has 9 heteroatoms. The van der Waals surface area contributed by atoms with Crippen LogP contribution in [0, 0.1) is 28.9 Å². The van der Waals surface area contributed by atoms with E-state index in [1.165, 1.54) is 11.8 Å². The largest absolute Gasteiger partial charge is 0.466 e. The van der Waals surface area contributed by atoms with E-state index in [2.05, 4.69) is 0 Å². The fraction of sp³-hybridized carbons (Fsp3) is 0.636. The van der Waals surface area contributed by atoms with Crippen LogP contribution in [0.15, 0.2) is 29.2 Å². The summed E-state index contributed by atoms with van der Waals surface area (Å²) in [6.45, 7) is 7.72. The van der Waals surface area contributed by atoms with Gasteiger partial charge in [0.15, 0.2) is 0 Å². The number of nitrogens with zero attached hydrogens (tertiary/aromatic N) is 1. The zero-order chi connectivity index (χ0) is 23.1. The van der Waals surface area contributed by atoms with Gasteiger partial charge in [-0.2, -0.15) is 0 Å². The van der Waals surface area contributed by atoms with E-state index in [1.54, 1.807) is 6.92 Å². The average molecular weight is 472 g/mol. The van der Waals surface area contributed by atoms with Crippen molar-refractivity contribution in [1.82, 2.24) is 0 Å². The molecule has 0 radical (unpaired) electrons. The maximum absolute atomic E-state index is 12.8. The standard InChI is InChI=1S/C22H30ClNO6S/c1-5-14(6-2)30-19-18(21(23)25)17(24(27)28)12-16(22(26)29-7-3)20(19)31-15-10-8-13(4)9-11-15/h8-11,14,16-20H,5-7,12H2,1-4H3/t16-,17+,18-,19+,20-/m1/s1. The number of rotatable bonds is 10. The number of halogens is 1. The predicted molar refractivity (Wildman–Crippen MR) is 120 cm³/mol. The van der Waals surface area contributed by atoms with Crippen molar-refractivity contribution in [2.24, 2.45) is 11.8 Å². The van der Waals surface area contributed by atoms with Crippen LogP contribution in [-0.4, -0.2) is 46.2 Å². The van der Waals surface area contributed by atoms with E-state index in [1.807, 2.05) is 45.0 Å². The van der Waals surface area contributed by atoms with Crippen LogP contribution in [0.25, 0.3) is 0 Å². The normalized spacial score (nSPS) is 25.9. The minimum atomic E-state index is -1.31. The Kier molecular flexibility index (Phi) is 9.78. The second kappa shape index (κ2) is 11.8. The molecule has 0 N–H and O–H groups in total. The lowest BCUT2D eigenvalue weighted by Gasteiger charge is -2.42. The summed E-state index contributed by atoms with van der Waals surface area (Å²) in [7, 11) is 0. The predicted octanol–water partition coefficient (Wildman–Crippen LogP) is 4.64. The van der Waals surface area contributed by atoms with E-state index in [4.69, 9.17) is 21.1 Å². The lowest BCUT2D eigenvalue weighted by Crippen LogP contribution is -2.57. The molecule has 0 aliphatic heterocycles. The molecular formula is C22H30ClNO6S. The van der Waals surface area contributed by atoms with Gasteiger partial charge in [-0.3, -0.25) is 19.7 Å². The van der Waals surface area contributed by atoms with Gasteiger partial charge in [-0.15, -0.1) is 11.8 Å². The Balaban J connectivity index is 2.54. The number of ether oxygens (including phenoxy) is 2. The monoisotopic (exact) mass is 471 g/mol. The molecule has 1 aromatic rings. The maximum Gasteiger partial charge on any atom is 0.310 e. The van der Waals surface area contributed by atoms with Crippen molar-refractivity contribution in [1.29, 1.82) is 0 Å². The van der Waals surface area contributed by atoms with E-state index in [0.29, 0.717) is 12.8 Å². The highest BCUT2D eigenvalue weighted by Gasteiger charge is 2.56. The van der Waals surface area contributed by atoms with E-state index in [9.17, 15) is 19.7 Å². The molecule has 31 heavy (non-hydrogen) atoms. The van der Waals surface area contributed by atoms with Gasteiger partial charge >= 0.3 is 5.97 Å². The van der Waals surface area contributed by atoms with Crippen LogP contribution < -0.4 is 0 Å². The third-order valence-electron chi connectivity index (χ3n) is 5.66. The molecular weight excluding hydrogens is 442 g/mol. The third kappa shape index (κ3) is 6.43. The highest BCUT2D eigenvalue weighted by Crippen LogP contribution is 2.44. The van der Waals surface area contributed by atoms with Crippen molar-refractivity contribution in [2.45, 2.75) is 75.4 Å². The van der Waals surface area contributed by atoms with Gasteiger partial charge in [-0.1, -0.05) is 31.5 Å². The van der Waals surface area contributed by atoms with Crippen LogP contribution in [0.1, 0.15) is 45.6 Å². The number of esters is 1. The summed E-state index contributed by atoms with van der Waals surface area (Å²) >= 11 is 7.27. The van der Waals surface area contributed by atoms with Gasteiger partial charge in [0.2, 0.25) is 11.3 Å². The Morgan fingerprint density at radius 3 is 2.32 bits per heavy atom. The van der Waals surface area contributed by atoms with Crippen LogP contribution in [-0.2, 0) is 19.1 Å². The summed E-state index contributed by atoms with van der Waals surface area (Å²) in [5.41, 5.74) is 1.09. The van der Waals surface area contributed by atoms with E-state index >= 15 is 0 Å². The first-order chi connectivity index (χ1) is 14.7. The first kappa shape index (κ1) is 25.6. The minimum absolute atomic E-state index is 0.124. The molecule has 1 aliphatic carbocycles. The van der Waals surface area contributed by atoms with Crippen molar-refractivity contribution in [2.75, 3.05) is 6.61 Å². The smallest absolute Gasteiger partial charge is 0.310 e. The number of hydrogen-bond acceptors (Lipinski definition) is 7. The first-order valence-corrected chi connectivity index (χ1v) is 11.9. The zero-order valence-corrected chi connectivity index (χ0v) is 19.9. The SMILES string of the molecule is CCOC(=O)[C@@H]1C[C@H]([N+](=O)[O-])[C@@H](C(=O)Cl)[C@H](OC(CC)CC)[C@@H]1Sc1ccc(C)cc1. The van der Waals surface area contributed by atoms with Crippen molar-refractivity contribution in [3.63, 3.8) is 0 Å². The Labute approximate surface area is 192 Å². The summed E-state index contributed by atoms with van der Waals surface area (Å²) in [4.78, 5) is 37.4. The average Bonchev–Trinajstić information content (AvgIpc) is 2.73. The second-order valence-corrected chi connectivity index (χ2v) is 9.34. The molecule has 0 heterocycles. The lowest BCUT2D eigenvalue weighted by atomic mass is 9.76. The second-order valence-electron chi connectivity index (χ2n) is 7.71. The zero-order valence-electron chi connectivity index (χ0n) is 18.3. The number of carbonyl (C=O) groups excluding carboxylic acids is 2. The third-order valence-corrected chi connectivity index (χ3v) is 7.33. The highest BCUT2D eigenvalue weighted by molar-refractivity contribution is 8.00. The molecule has 1 aromatic carbocycles. The van der Waals surface area contributed by atoms with Gasteiger partial charge in [0, 0.05) is 16.2 Å². The molecule has 1 fully saturated rings. The Morgan fingerprint density at radius 1 is 1.23 bits per heavy atom. The van der Waals surface area contributed by atoms with Gasteiger partial charge in [-0.05, 0) is 50.4 Å². The Morgan fingerprint density at radius 2 is 1.84 bits per heavy atom. The van der Waals surface area contributed by atoms with Crippen molar-refractivity contribution in [3.05, 3.63) is 39.9 Å². The molecule has 2 rings (SSSR count). The summed E-state index contributed by atoms with van der Waals surface area (Å²) in [5, 5.41) is 10.5. The van der Waals surface area contributed by atoms with Crippen molar-refractivity contribution in [3.8, 4) is 0 Å². The number of nitro groups is 1. The summed E-state index contributed by atoms with van der Waals surface area (Å²) in [6, 6.07) is 6.44. The van der Waals surface area contributed by atoms with Gasteiger partial charge in [0.1, 0.15) is 5.92 Å². The molecule has 0 bridgehead atoms. The topological polar surface area (TPSA) is 95.7 Å². The quantitative estimate of drug-likeness (QED) is 0.212. The molecule has 0 spiro atoms. The van der Waals surface area contributed by atoms with Crippen LogP contribution in [0.3, 0.4) is 0 Å². The lowest BCUT2D eigenvalue weighted by molar-refractivity contribution is -0.536. The van der Waals surface area contributed by atoms with Gasteiger partial charge in [0.25, 0.3) is 0 Å². The maximum atomic E-state index is 12.8. The fourth-order valence-electron chi connectivity index (χ4n) is 3.96. The molecule has 7 nitrogen and oxygen atoms in total. The molecule has 0 saturated heterocycles. The minimum Gasteiger partial charge on any atom is -0.466 e. The van der Waals surface area contributed by atoms with Gasteiger partial charge in [0.05, 0.1) is 30.0 Å². The van der Waals surface area contributed by atoms with Gasteiger partial charge < -0.3 is 9.47 Å². The number of thioether (sulfide) groups is 1. The number of hydrogen-bond donors (Lipinski definition) is 0. The van der Waals surface area contributed by atoms with Gasteiger partial charge in [-0.25, -0.2) is 0 Å². The summed E-state index contributed by atoms with van der Waals surface area (Å²) < 4.78 is 11.5. The van der Waals surface area contributed by atoms with Crippen LogP contribution >= 0.6 is 23.4 Å². The van der Waals surface area contributed by atoms with Crippen LogP contribution in [0.2, 0.25) is 0 Å². The fourth-order valence-corrected chi connectivity index (χ4v) is 5.59. The number of carbonyl (C=O) groups is 2. The molecule has 0 aromatic heterocycles. The van der Waals surface area contributed by atoms with Crippen LogP contribution in [0.4, 0.5) is 0 Å². The summed E-state index contributed by atoms with van der Waals surface area (Å²) in [5.74, 6) is -2.46. The van der Waals surface area contributed by atoms with Crippen molar-refractivity contribution < 1.29 is 24.0 Å². The summed E-state index contributed by atoms with van der Waals surface area (Å²) in [6.07, 6.45) is 0.121. The first-order valence-electron chi connectivity index (χ1n) is 10.6. The molecule has 0 unspecified atom stereocenters. The molecule has 0 amide bonds. The molecule has 172 valence electrons. The molecule has 5 atom stereocenters. The van der Waals surface area contributed by atoms with E-state index < -0.39 is 45.4 Å². The molecule has 1 saturated carbocycles. The highest BCUT2D eigenvalue weighted by atomic mass is 35.5. The van der Waals surface area contributed by atoms with E-state index in [0.717, 1.165) is 10.5 Å². The van der Waals surface area contributed by atoms with Crippen LogP contribution in [0.5, 0.6) is 0 Å². The number of aryl methyl sites for hydroxylation is 1. The van der Waals surface area contributed by atoms with E-state index in [-0.39, 0.29) is 19.1 Å². The van der Waals surface area contributed by atoms with Crippen molar-refractivity contribution >= 4 is 34.6 Å². The number of benzene rings is 1.